The topological polar surface area (TPSA) is 140 Å². The monoisotopic (exact) mass is 518 g/mol. The van der Waals surface area contributed by atoms with Crippen molar-refractivity contribution in [3.05, 3.63) is 47.2 Å². The van der Waals surface area contributed by atoms with Gasteiger partial charge in [-0.15, -0.1) is 0 Å². The Morgan fingerprint density at radius 1 is 1.16 bits per heavy atom. The fourth-order valence-electron chi connectivity index (χ4n) is 4.35. The van der Waals surface area contributed by atoms with Gasteiger partial charge in [0.15, 0.2) is 0 Å². The minimum Gasteiger partial charge on any atom is -0.506 e. The van der Waals surface area contributed by atoms with Gasteiger partial charge in [0.1, 0.15) is 11.3 Å². The molecule has 1 aliphatic rings. The number of phenols is 1. The second-order valence-corrected chi connectivity index (χ2v) is 8.93. The number of hydrogen-bond donors (Lipinski definition) is 4. The van der Waals surface area contributed by atoms with Crippen LogP contribution in [0.15, 0.2) is 30.5 Å². The molecule has 2 heterocycles. The molecule has 6 N–H and O–H groups in total. The number of nitrogens with two attached hydrogens (primary N) is 2. The average Bonchev–Trinajstić information content (AvgIpc) is 2.85. The number of fused-ring (bicyclic) bond motifs is 1. The largest absolute Gasteiger partial charge is 0.506 e. The number of hydrogen-bond acceptors (Lipinski definition) is 8. The molecule has 0 bridgehead atoms. The molecule has 1 amide bonds. The Morgan fingerprint density at radius 3 is 2.51 bits per heavy atom. The second-order valence-electron chi connectivity index (χ2n) is 8.93. The molecular weight excluding hydrogens is 489 g/mol. The van der Waals surface area contributed by atoms with Crippen molar-refractivity contribution in [3.8, 4) is 5.75 Å². The molecule has 2 aromatic carbocycles. The summed E-state index contributed by atoms with van der Waals surface area (Å²) in [5.41, 5.74) is 13.1. The van der Waals surface area contributed by atoms with Crippen LogP contribution in [0.25, 0.3) is 10.9 Å². The molecule has 0 unspecified atom stereocenters. The van der Waals surface area contributed by atoms with Crippen LogP contribution in [0.1, 0.15) is 34.3 Å². The fourth-order valence-corrected chi connectivity index (χ4v) is 4.35. The summed E-state index contributed by atoms with van der Waals surface area (Å²) in [4.78, 5) is 22.9. The molecule has 0 atom stereocenters. The van der Waals surface area contributed by atoms with E-state index in [0.29, 0.717) is 5.69 Å². The van der Waals surface area contributed by atoms with E-state index in [1.807, 2.05) is 24.3 Å². The number of aryl methyl sites for hydroxylation is 1. The molecule has 1 saturated heterocycles. The Labute approximate surface area is 211 Å². The van der Waals surface area contributed by atoms with Gasteiger partial charge < -0.3 is 26.6 Å². The van der Waals surface area contributed by atoms with Gasteiger partial charge in [0.05, 0.1) is 29.8 Å². The molecule has 9 nitrogen and oxygen atoms in total. The highest BCUT2D eigenvalue weighted by atomic mass is 19.4. The maximum Gasteiger partial charge on any atom is 0.389 e. The zero-order valence-electron chi connectivity index (χ0n) is 20.1. The van der Waals surface area contributed by atoms with E-state index in [9.17, 15) is 23.1 Å². The molecule has 1 aromatic heterocycles. The van der Waals surface area contributed by atoms with Crippen LogP contribution in [-0.2, 0) is 17.6 Å². The number of primary amides is 1. The lowest BCUT2D eigenvalue weighted by Gasteiger charge is -2.26. The van der Waals surface area contributed by atoms with Crippen LogP contribution in [0.3, 0.4) is 0 Å². The number of nitrogen functional groups attached to an aromatic ring is 1. The van der Waals surface area contributed by atoms with Crippen molar-refractivity contribution in [1.82, 2.24) is 14.9 Å². The lowest BCUT2D eigenvalue weighted by Crippen LogP contribution is -2.37. The second kappa shape index (κ2) is 11.2. The van der Waals surface area contributed by atoms with Gasteiger partial charge in [-0.3, -0.25) is 9.69 Å². The first kappa shape index (κ1) is 26.4. The first-order valence-electron chi connectivity index (χ1n) is 11.9. The van der Waals surface area contributed by atoms with Crippen molar-refractivity contribution in [1.29, 1.82) is 0 Å². The fraction of sp³-hybridized carbons (Fsp3) is 0.400. The van der Waals surface area contributed by atoms with Gasteiger partial charge in [-0.05, 0) is 37.0 Å². The molecule has 198 valence electrons. The van der Waals surface area contributed by atoms with E-state index in [-0.39, 0.29) is 46.5 Å². The van der Waals surface area contributed by atoms with E-state index >= 15 is 0 Å². The Balaban J connectivity index is 1.55. The van der Waals surface area contributed by atoms with Crippen LogP contribution in [0.2, 0.25) is 0 Å². The van der Waals surface area contributed by atoms with Gasteiger partial charge in [0.25, 0.3) is 5.91 Å². The zero-order valence-corrected chi connectivity index (χ0v) is 20.1. The highest BCUT2D eigenvalue weighted by Gasteiger charge is 2.28. The quantitative estimate of drug-likeness (QED) is 0.316. The van der Waals surface area contributed by atoms with Gasteiger partial charge in [0.2, 0.25) is 5.95 Å². The van der Waals surface area contributed by atoms with E-state index in [2.05, 4.69) is 20.2 Å². The van der Waals surface area contributed by atoms with Gasteiger partial charge in [-0.25, -0.2) is 9.97 Å². The zero-order chi connectivity index (χ0) is 26.6. The molecule has 0 aliphatic carbocycles. The lowest BCUT2D eigenvalue weighted by atomic mass is 9.97. The maximum atomic E-state index is 12.7. The predicted octanol–water partition coefficient (Wildman–Crippen LogP) is 3.52. The van der Waals surface area contributed by atoms with E-state index in [0.717, 1.165) is 39.3 Å². The number of anilines is 3. The standard InChI is InChI=1S/C25H29F3N6O3/c26-25(27,28)8-1-2-17-20(29)19(23(30)36)22(35)18-14-31-24(33-21(17)18)32-16-5-3-15(4-6-16)7-9-34-10-12-37-13-11-34/h3-6,14,35H,1-2,7-13,29H2,(H2,30,36)(H,31,32,33). The number of benzene rings is 2. The third-order valence-corrected chi connectivity index (χ3v) is 6.32. The van der Waals surface area contributed by atoms with Crippen LogP contribution in [0, 0.1) is 0 Å². The Kier molecular flexibility index (Phi) is 7.98. The molecule has 0 saturated carbocycles. The minimum atomic E-state index is -4.34. The summed E-state index contributed by atoms with van der Waals surface area (Å²) in [5, 5.41) is 13.7. The van der Waals surface area contributed by atoms with Gasteiger partial charge >= 0.3 is 6.18 Å². The molecule has 1 fully saturated rings. The van der Waals surface area contributed by atoms with Gasteiger partial charge in [0, 0.05) is 43.5 Å². The normalized spacial score (nSPS) is 14.7. The number of nitrogens with zero attached hydrogens (tertiary/aromatic N) is 3. The summed E-state index contributed by atoms with van der Waals surface area (Å²) in [7, 11) is 0. The highest BCUT2D eigenvalue weighted by Crippen LogP contribution is 2.38. The van der Waals surface area contributed by atoms with E-state index in [1.54, 1.807) is 0 Å². The summed E-state index contributed by atoms with van der Waals surface area (Å²) < 4.78 is 43.6. The van der Waals surface area contributed by atoms with Crippen LogP contribution >= 0.6 is 0 Å². The molecule has 12 heteroatoms. The predicted molar refractivity (Wildman–Crippen MR) is 134 cm³/mol. The van der Waals surface area contributed by atoms with Crippen molar-refractivity contribution in [2.45, 2.75) is 31.9 Å². The Morgan fingerprint density at radius 2 is 1.86 bits per heavy atom. The minimum absolute atomic E-state index is 0.0778. The van der Waals surface area contributed by atoms with Crippen molar-refractivity contribution in [2.24, 2.45) is 5.73 Å². The molecular formula is C25H29F3N6O3. The average molecular weight is 519 g/mol. The van der Waals surface area contributed by atoms with Gasteiger partial charge in [-0.2, -0.15) is 13.2 Å². The molecule has 3 aromatic rings. The number of carbonyl (C=O) groups is 1. The number of aromatic nitrogens is 2. The highest BCUT2D eigenvalue weighted by molar-refractivity contribution is 6.08. The van der Waals surface area contributed by atoms with Crippen molar-refractivity contribution in [2.75, 3.05) is 43.9 Å². The molecule has 0 spiro atoms. The van der Waals surface area contributed by atoms with Gasteiger partial charge in [-0.1, -0.05) is 12.1 Å². The smallest absolute Gasteiger partial charge is 0.389 e. The SMILES string of the molecule is NC(=O)c1c(N)c(CCCC(F)(F)F)c2nc(Nc3ccc(CCN4CCOCC4)cc3)ncc2c1O. The molecule has 4 rings (SSSR count). The Hall–Kier alpha value is -3.64. The third kappa shape index (κ3) is 6.57. The number of alkyl halides is 3. The molecule has 0 radical (unpaired) electrons. The van der Waals surface area contributed by atoms with Crippen LogP contribution in [-0.4, -0.2) is 64.9 Å². The number of halogens is 3. The first-order chi connectivity index (χ1) is 17.6. The number of morpholine rings is 1. The number of nitrogens with one attached hydrogen (secondary N) is 1. The number of rotatable bonds is 9. The number of ether oxygens (including phenoxy) is 1. The number of carbonyl (C=O) groups excluding carboxylic acids is 1. The molecule has 37 heavy (non-hydrogen) atoms. The summed E-state index contributed by atoms with van der Waals surface area (Å²) in [5.74, 6) is -1.34. The third-order valence-electron chi connectivity index (χ3n) is 6.32. The van der Waals surface area contributed by atoms with Crippen LogP contribution < -0.4 is 16.8 Å². The van der Waals surface area contributed by atoms with Crippen molar-refractivity contribution < 1.29 is 27.8 Å². The van der Waals surface area contributed by atoms with E-state index in [1.165, 1.54) is 11.8 Å². The van der Waals surface area contributed by atoms with Crippen molar-refractivity contribution >= 4 is 34.1 Å². The first-order valence-corrected chi connectivity index (χ1v) is 11.9. The summed E-state index contributed by atoms with van der Waals surface area (Å²) in [6.45, 7) is 4.31. The van der Waals surface area contributed by atoms with Crippen molar-refractivity contribution in [3.63, 3.8) is 0 Å². The number of aromatic hydroxyl groups is 1. The van der Waals surface area contributed by atoms with E-state index < -0.39 is 24.3 Å². The maximum absolute atomic E-state index is 12.7. The van der Waals surface area contributed by atoms with E-state index in [4.69, 9.17) is 16.2 Å². The molecule has 1 aliphatic heterocycles. The van der Waals surface area contributed by atoms with Crippen LogP contribution in [0.4, 0.5) is 30.5 Å². The summed E-state index contributed by atoms with van der Waals surface area (Å²) in [6, 6.07) is 7.76. The number of amides is 1. The lowest BCUT2D eigenvalue weighted by molar-refractivity contribution is -0.135. The van der Waals surface area contributed by atoms with Crippen LogP contribution in [0.5, 0.6) is 5.75 Å². The Bertz CT molecular complexity index is 1260. The summed E-state index contributed by atoms with van der Waals surface area (Å²) >= 11 is 0. The summed E-state index contributed by atoms with van der Waals surface area (Å²) in [6.07, 6.45) is -3.58.